The van der Waals surface area contributed by atoms with Gasteiger partial charge in [0, 0.05) is 21.8 Å². The van der Waals surface area contributed by atoms with Crippen molar-refractivity contribution < 1.29 is 0 Å². The lowest BCUT2D eigenvalue weighted by atomic mass is 9.90. The van der Waals surface area contributed by atoms with Gasteiger partial charge in [0.1, 0.15) is 0 Å². The van der Waals surface area contributed by atoms with Gasteiger partial charge in [0.2, 0.25) is 0 Å². The highest BCUT2D eigenvalue weighted by atomic mass is 14.7. The fraction of sp³-hybridized carbons (Fsp3) is 0. The number of aromatic amines is 1. The van der Waals surface area contributed by atoms with Gasteiger partial charge < -0.3 is 4.98 Å². The summed E-state index contributed by atoms with van der Waals surface area (Å²) in [6.07, 6.45) is 0. The molecule has 0 fully saturated rings. The van der Waals surface area contributed by atoms with Gasteiger partial charge in [0.25, 0.3) is 0 Å². The fourth-order valence-electron chi connectivity index (χ4n) is 4.53. The minimum atomic E-state index is 1.18. The van der Waals surface area contributed by atoms with Gasteiger partial charge in [-0.05, 0) is 45.2 Å². The summed E-state index contributed by atoms with van der Waals surface area (Å²) >= 11 is 0. The molecule has 29 heavy (non-hydrogen) atoms. The quantitative estimate of drug-likeness (QED) is 0.320. The number of para-hydroxylation sites is 1. The molecule has 1 aromatic heterocycles. The molecule has 0 radical (unpaired) electrons. The Balaban J connectivity index is 1.77. The fourth-order valence-corrected chi connectivity index (χ4v) is 4.53. The summed E-state index contributed by atoms with van der Waals surface area (Å²) in [6, 6.07) is 39.0. The van der Waals surface area contributed by atoms with Crippen molar-refractivity contribution in [3.05, 3.63) is 109 Å². The topological polar surface area (TPSA) is 15.8 Å². The standard InChI is InChI=1S/C28H19N/c1-2-9-19(10-3-1)21-12-4-5-13-22(21)23-15-8-11-20-17-18-26-28(27(20)23)24-14-6-7-16-25(24)29-26/h1-18,29H. The Morgan fingerprint density at radius 2 is 1.14 bits per heavy atom. The van der Waals surface area contributed by atoms with Gasteiger partial charge in [0.15, 0.2) is 0 Å². The summed E-state index contributed by atoms with van der Waals surface area (Å²) in [4.78, 5) is 3.60. The molecule has 6 rings (SSSR count). The van der Waals surface area contributed by atoms with Gasteiger partial charge in [-0.15, -0.1) is 0 Å². The Kier molecular flexibility index (Phi) is 3.54. The number of nitrogens with one attached hydrogen (secondary N) is 1. The van der Waals surface area contributed by atoms with E-state index < -0.39 is 0 Å². The van der Waals surface area contributed by atoms with Crippen molar-refractivity contribution in [1.29, 1.82) is 0 Å². The van der Waals surface area contributed by atoms with Crippen molar-refractivity contribution in [1.82, 2.24) is 4.98 Å². The lowest BCUT2D eigenvalue weighted by Gasteiger charge is -2.14. The maximum absolute atomic E-state index is 3.60. The minimum absolute atomic E-state index is 1.18. The van der Waals surface area contributed by atoms with E-state index in [9.17, 15) is 0 Å². The second-order valence-corrected chi connectivity index (χ2v) is 7.47. The molecule has 0 atom stereocenters. The number of fused-ring (bicyclic) bond motifs is 5. The van der Waals surface area contributed by atoms with Crippen LogP contribution >= 0.6 is 0 Å². The summed E-state index contributed by atoms with van der Waals surface area (Å²) in [6.45, 7) is 0. The first-order chi connectivity index (χ1) is 14.4. The van der Waals surface area contributed by atoms with Gasteiger partial charge in [-0.3, -0.25) is 0 Å². The predicted octanol–water partition coefficient (Wildman–Crippen LogP) is 7.81. The van der Waals surface area contributed by atoms with Crippen molar-refractivity contribution in [2.45, 2.75) is 0 Å². The summed E-state index contributed by atoms with van der Waals surface area (Å²) < 4.78 is 0. The summed E-state index contributed by atoms with van der Waals surface area (Å²) in [5, 5.41) is 5.16. The van der Waals surface area contributed by atoms with Crippen LogP contribution in [0.5, 0.6) is 0 Å². The number of H-pyrrole nitrogens is 1. The van der Waals surface area contributed by atoms with Crippen LogP contribution in [0, 0.1) is 0 Å². The predicted molar refractivity (Wildman–Crippen MR) is 124 cm³/mol. The van der Waals surface area contributed by atoms with E-state index in [0.29, 0.717) is 0 Å². The largest absolute Gasteiger partial charge is 0.354 e. The number of rotatable bonds is 2. The number of hydrogen-bond donors (Lipinski definition) is 1. The average Bonchev–Trinajstić information content (AvgIpc) is 3.18. The van der Waals surface area contributed by atoms with Gasteiger partial charge in [-0.25, -0.2) is 0 Å². The maximum Gasteiger partial charge on any atom is 0.0471 e. The molecule has 0 aliphatic carbocycles. The van der Waals surface area contributed by atoms with E-state index in [1.165, 1.54) is 54.8 Å². The Bertz CT molecular complexity index is 1490. The molecule has 1 nitrogen and oxygen atoms in total. The van der Waals surface area contributed by atoms with Crippen LogP contribution in [0.15, 0.2) is 109 Å². The van der Waals surface area contributed by atoms with Crippen LogP contribution < -0.4 is 0 Å². The van der Waals surface area contributed by atoms with Crippen LogP contribution in [0.4, 0.5) is 0 Å². The van der Waals surface area contributed by atoms with Gasteiger partial charge in [-0.1, -0.05) is 97.1 Å². The molecule has 1 N–H and O–H groups in total. The highest BCUT2D eigenvalue weighted by Crippen LogP contribution is 2.41. The highest BCUT2D eigenvalue weighted by Gasteiger charge is 2.14. The zero-order valence-electron chi connectivity index (χ0n) is 15.9. The Labute approximate surface area is 169 Å². The SMILES string of the molecule is c1ccc(-c2ccccc2-c2cccc3ccc4[nH]c5ccccc5c4c23)cc1. The van der Waals surface area contributed by atoms with Crippen LogP contribution in [0.2, 0.25) is 0 Å². The van der Waals surface area contributed by atoms with Crippen LogP contribution in [0.3, 0.4) is 0 Å². The summed E-state index contributed by atoms with van der Waals surface area (Å²) in [7, 11) is 0. The Morgan fingerprint density at radius 3 is 2.03 bits per heavy atom. The second-order valence-electron chi connectivity index (χ2n) is 7.47. The van der Waals surface area contributed by atoms with Crippen molar-refractivity contribution in [2.75, 3.05) is 0 Å². The third kappa shape index (κ3) is 2.48. The van der Waals surface area contributed by atoms with E-state index in [0.717, 1.165) is 0 Å². The monoisotopic (exact) mass is 369 g/mol. The van der Waals surface area contributed by atoms with Gasteiger partial charge in [0.05, 0.1) is 0 Å². The molecule has 0 aliphatic heterocycles. The van der Waals surface area contributed by atoms with Gasteiger partial charge >= 0.3 is 0 Å². The van der Waals surface area contributed by atoms with Crippen molar-refractivity contribution in [3.8, 4) is 22.3 Å². The summed E-state index contributed by atoms with van der Waals surface area (Å²) in [5.74, 6) is 0. The van der Waals surface area contributed by atoms with E-state index in [1.54, 1.807) is 0 Å². The molecular weight excluding hydrogens is 350 g/mol. The molecule has 1 heteroatoms. The van der Waals surface area contributed by atoms with Crippen LogP contribution in [0.25, 0.3) is 54.8 Å². The van der Waals surface area contributed by atoms with Crippen LogP contribution in [-0.2, 0) is 0 Å². The highest BCUT2D eigenvalue weighted by molar-refractivity contribution is 6.24. The van der Waals surface area contributed by atoms with Crippen molar-refractivity contribution in [2.24, 2.45) is 0 Å². The Morgan fingerprint density at radius 1 is 0.414 bits per heavy atom. The Hall–Kier alpha value is -3.84. The third-order valence-electron chi connectivity index (χ3n) is 5.81. The molecule has 0 unspecified atom stereocenters. The minimum Gasteiger partial charge on any atom is -0.354 e. The molecule has 136 valence electrons. The van der Waals surface area contributed by atoms with Crippen molar-refractivity contribution in [3.63, 3.8) is 0 Å². The average molecular weight is 369 g/mol. The van der Waals surface area contributed by atoms with E-state index in [2.05, 4.69) is 114 Å². The lowest BCUT2D eigenvalue weighted by Crippen LogP contribution is -1.87. The van der Waals surface area contributed by atoms with E-state index in [1.807, 2.05) is 0 Å². The van der Waals surface area contributed by atoms with Crippen LogP contribution in [-0.4, -0.2) is 4.98 Å². The first-order valence-corrected chi connectivity index (χ1v) is 9.97. The number of aromatic nitrogens is 1. The van der Waals surface area contributed by atoms with E-state index in [-0.39, 0.29) is 0 Å². The maximum atomic E-state index is 3.60. The summed E-state index contributed by atoms with van der Waals surface area (Å²) in [5.41, 5.74) is 7.41. The zero-order chi connectivity index (χ0) is 19.2. The molecule has 0 spiro atoms. The molecule has 0 bridgehead atoms. The van der Waals surface area contributed by atoms with Crippen molar-refractivity contribution >= 4 is 32.6 Å². The molecule has 6 aromatic rings. The first kappa shape index (κ1) is 16.1. The molecule has 0 saturated heterocycles. The van der Waals surface area contributed by atoms with Gasteiger partial charge in [-0.2, -0.15) is 0 Å². The number of benzene rings is 5. The third-order valence-corrected chi connectivity index (χ3v) is 5.81. The molecule has 0 saturated carbocycles. The molecule has 1 heterocycles. The molecule has 0 amide bonds. The normalized spacial score (nSPS) is 11.4. The van der Waals surface area contributed by atoms with Crippen LogP contribution in [0.1, 0.15) is 0 Å². The smallest absolute Gasteiger partial charge is 0.0471 e. The molecular formula is C28H19N. The first-order valence-electron chi connectivity index (χ1n) is 9.97. The lowest BCUT2D eigenvalue weighted by molar-refractivity contribution is 1.55. The zero-order valence-corrected chi connectivity index (χ0v) is 15.9. The second kappa shape index (κ2) is 6.35. The number of hydrogen-bond acceptors (Lipinski definition) is 0. The molecule has 0 aliphatic rings. The van der Waals surface area contributed by atoms with E-state index >= 15 is 0 Å². The van der Waals surface area contributed by atoms with E-state index in [4.69, 9.17) is 0 Å². The molecule has 5 aromatic carbocycles.